The van der Waals surface area contributed by atoms with Gasteiger partial charge < -0.3 is 10.2 Å². The lowest BCUT2D eigenvalue weighted by Crippen LogP contribution is -2.71. The maximum absolute atomic E-state index is 13.1. The fourth-order valence-electron chi connectivity index (χ4n) is 3.47. The molecule has 1 N–H and O–H groups in total. The molecule has 4 nitrogen and oxygen atoms in total. The summed E-state index contributed by atoms with van der Waals surface area (Å²) in [5.41, 5.74) is -0.547. The Balaban J connectivity index is 2.40. The Bertz CT molecular complexity index is 424. The smallest absolute Gasteiger partial charge is 0.249 e. The largest absolute Gasteiger partial charge is 0.340 e. The number of nitrogens with one attached hydrogen (secondary N) is 1. The Morgan fingerprint density at radius 2 is 1.75 bits per heavy atom. The standard InChI is InChI=1S/C16H28N2O2/c1-7-16(8-2)14(20)18(11-9-15(11,5)6)12(10(3)4)13(19)17-16/h10-12H,7-9H2,1-6H3,(H,17,19). The highest BCUT2D eigenvalue weighted by Gasteiger charge is 2.59. The molecule has 2 fully saturated rings. The fourth-order valence-corrected chi connectivity index (χ4v) is 3.47. The summed E-state index contributed by atoms with van der Waals surface area (Å²) >= 11 is 0. The van der Waals surface area contributed by atoms with Gasteiger partial charge >= 0.3 is 0 Å². The second-order valence-corrected chi connectivity index (χ2v) is 7.39. The Kier molecular flexibility index (Phi) is 3.64. The van der Waals surface area contributed by atoms with E-state index < -0.39 is 5.54 Å². The van der Waals surface area contributed by atoms with Crippen LogP contribution in [-0.2, 0) is 9.59 Å². The van der Waals surface area contributed by atoms with Gasteiger partial charge in [0.2, 0.25) is 11.8 Å². The summed E-state index contributed by atoms with van der Waals surface area (Å²) < 4.78 is 0. The van der Waals surface area contributed by atoms with Gasteiger partial charge in [-0.05, 0) is 30.6 Å². The number of carbonyl (C=O) groups excluding carboxylic acids is 2. The van der Waals surface area contributed by atoms with Crippen LogP contribution in [0.25, 0.3) is 0 Å². The number of hydrogen-bond donors (Lipinski definition) is 1. The first-order valence-corrected chi connectivity index (χ1v) is 7.85. The summed E-state index contributed by atoms with van der Waals surface area (Å²) in [7, 11) is 0. The summed E-state index contributed by atoms with van der Waals surface area (Å²) in [5.74, 6) is 0.282. The van der Waals surface area contributed by atoms with Crippen molar-refractivity contribution < 1.29 is 9.59 Å². The summed E-state index contributed by atoms with van der Waals surface area (Å²) in [4.78, 5) is 27.5. The molecular formula is C16H28N2O2. The zero-order valence-corrected chi connectivity index (χ0v) is 13.6. The molecule has 114 valence electrons. The monoisotopic (exact) mass is 280 g/mol. The van der Waals surface area contributed by atoms with Crippen LogP contribution in [0.5, 0.6) is 0 Å². The molecule has 0 bridgehead atoms. The number of rotatable bonds is 4. The van der Waals surface area contributed by atoms with E-state index in [0.29, 0.717) is 12.8 Å². The van der Waals surface area contributed by atoms with Crippen LogP contribution >= 0.6 is 0 Å². The molecule has 4 heteroatoms. The van der Waals surface area contributed by atoms with Crippen LogP contribution in [0, 0.1) is 11.3 Å². The summed E-state index contributed by atoms with van der Waals surface area (Å²) in [6.45, 7) is 12.3. The van der Waals surface area contributed by atoms with Crippen molar-refractivity contribution in [2.45, 2.75) is 78.4 Å². The van der Waals surface area contributed by atoms with Crippen LogP contribution in [0.2, 0.25) is 0 Å². The maximum Gasteiger partial charge on any atom is 0.249 e. The van der Waals surface area contributed by atoms with Gasteiger partial charge in [-0.15, -0.1) is 0 Å². The van der Waals surface area contributed by atoms with Crippen molar-refractivity contribution in [2.24, 2.45) is 11.3 Å². The molecular weight excluding hydrogens is 252 g/mol. The molecule has 2 rings (SSSR count). The highest BCUT2D eigenvalue weighted by atomic mass is 16.2. The van der Waals surface area contributed by atoms with Gasteiger partial charge in [-0.2, -0.15) is 0 Å². The van der Waals surface area contributed by atoms with E-state index in [2.05, 4.69) is 19.2 Å². The average Bonchev–Trinajstić information content (AvgIpc) is 2.99. The normalized spacial score (nSPS) is 31.4. The minimum atomic E-state index is -0.693. The molecule has 2 aliphatic rings. The van der Waals surface area contributed by atoms with Crippen molar-refractivity contribution >= 4 is 11.8 Å². The first-order valence-electron chi connectivity index (χ1n) is 7.85. The molecule has 0 aromatic rings. The lowest BCUT2D eigenvalue weighted by atomic mass is 9.84. The molecule has 1 aliphatic carbocycles. The lowest BCUT2D eigenvalue weighted by Gasteiger charge is -2.47. The Hall–Kier alpha value is -1.06. The highest BCUT2D eigenvalue weighted by Crippen LogP contribution is 2.51. The van der Waals surface area contributed by atoms with E-state index in [1.54, 1.807) is 0 Å². The van der Waals surface area contributed by atoms with Crippen molar-refractivity contribution in [2.75, 3.05) is 0 Å². The van der Waals surface area contributed by atoms with E-state index in [4.69, 9.17) is 0 Å². The minimum Gasteiger partial charge on any atom is -0.340 e. The number of amides is 2. The van der Waals surface area contributed by atoms with E-state index in [9.17, 15) is 9.59 Å². The van der Waals surface area contributed by atoms with Gasteiger partial charge in [-0.25, -0.2) is 0 Å². The molecule has 0 spiro atoms. The summed E-state index contributed by atoms with van der Waals surface area (Å²) in [5, 5.41) is 3.02. The maximum atomic E-state index is 13.1. The summed E-state index contributed by atoms with van der Waals surface area (Å²) in [6, 6.07) is -0.105. The quantitative estimate of drug-likeness (QED) is 0.859. The van der Waals surface area contributed by atoms with Crippen molar-refractivity contribution in [1.29, 1.82) is 0 Å². The number of hydrogen-bond acceptors (Lipinski definition) is 2. The van der Waals surface area contributed by atoms with Gasteiger partial charge in [0.15, 0.2) is 0 Å². The van der Waals surface area contributed by atoms with Gasteiger partial charge in [0.1, 0.15) is 11.6 Å². The van der Waals surface area contributed by atoms with Crippen molar-refractivity contribution in [1.82, 2.24) is 10.2 Å². The fraction of sp³-hybridized carbons (Fsp3) is 0.875. The molecule has 1 aliphatic heterocycles. The predicted octanol–water partition coefficient (Wildman–Crippen LogP) is 2.33. The number of nitrogens with zero attached hydrogens (tertiary/aromatic N) is 1. The van der Waals surface area contributed by atoms with Crippen molar-refractivity contribution in [3.05, 3.63) is 0 Å². The third-order valence-corrected chi connectivity index (χ3v) is 5.21. The van der Waals surface area contributed by atoms with Crippen molar-refractivity contribution in [3.8, 4) is 0 Å². The van der Waals surface area contributed by atoms with Gasteiger partial charge in [0, 0.05) is 6.04 Å². The predicted molar refractivity (Wildman–Crippen MR) is 79.1 cm³/mol. The first kappa shape index (κ1) is 15.3. The van der Waals surface area contributed by atoms with Crippen LogP contribution in [0.3, 0.4) is 0 Å². The zero-order chi connectivity index (χ0) is 15.3. The van der Waals surface area contributed by atoms with E-state index in [-0.39, 0.29) is 35.2 Å². The molecule has 2 atom stereocenters. The molecule has 2 unspecified atom stereocenters. The van der Waals surface area contributed by atoms with E-state index in [0.717, 1.165) is 6.42 Å². The van der Waals surface area contributed by atoms with Crippen LogP contribution in [0.4, 0.5) is 0 Å². The third-order valence-electron chi connectivity index (χ3n) is 5.21. The van der Waals surface area contributed by atoms with E-state index in [1.807, 2.05) is 32.6 Å². The molecule has 0 radical (unpaired) electrons. The lowest BCUT2D eigenvalue weighted by molar-refractivity contribution is -0.158. The van der Waals surface area contributed by atoms with Gasteiger partial charge in [0.05, 0.1) is 0 Å². The molecule has 1 saturated carbocycles. The third kappa shape index (κ3) is 2.13. The molecule has 2 amide bonds. The SMILES string of the molecule is CCC1(CC)NC(=O)C(C(C)C)N(C2CC2(C)C)C1=O. The number of carbonyl (C=O) groups is 2. The average molecular weight is 280 g/mol. The van der Waals surface area contributed by atoms with Gasteiger partial charge in [-0.3, -0.25) is 9.59 Å². The molecule has 0 aromatic heterocycles. The second-order valence-electron chi connectivity index (χ2n) is 7.39. The van der Waals surface area contributed by atoms with Crippen molar-refractivity contribution in [3.63, 3.8) is 0 Å². The molecule has 1 saturated heterocycles. The van der Waals surface area contributed by atoms with E-state index >= 15 is 0 Å². The van der Waals surface area contributed by atoms with E-state index in [1.165, 1.54) is 0 Å². The molecule has 1 heterocycles. The topological polar surface area (TPSA) is 49.4 Å². The minimum absolute atomic E-state index is 0.0194. The Morgan fingerprint density at radius 3 is 2.10 bits per heavy atom. The second kappa shape index (κ2) is 4.74. The van der Waals surface area contributed by atoms with Gasteiger partial charge in [0.25, 0.3) is 0 Å². The number of piperazine rings is 1. The van der Waals surface area contributed by atoms with Crippen LogP contribution in [0.1, 0.15) is 60.8 Å². The van der Waals surface area contributed by atoms with Crippen LogP contribution in [-0.4, -0.2) is 34.3 Å². The Morgan fingerprint density at radius 1 is 1.25 bits per heavy atom. The van der Waals surface area contributed by atoms with Gasteiger partial charge in [-0.1, -0.05) is 41.5 Å². The Labute approximate surface area is 122 Å². The first-order chi connectivity index (χ1) is 9.20. The van der Waals surface area contributed by atoms with Crippen LogP contribution < -0.4 is 5.32 Å². The summed E-state index contributed by atoms with van der Waals surface area (Å²) in [6.07, 6.45) is 2.31. The molecule has 0 aromatic carbocycles. The van der Waals surface area contributed by atoms with Crippen LogP contribution in [0.15, 0.2) is 0 Å². The highest BCUT2D eigenvalue weighted by molar-refractivity contribution is 6.00. The molecule has 20 heavy (non-hydrogen) atoms. The zero-order valence-electron chi connectivity index (χ0n) is 13.6.